The highest BCUT2D eigenvalue weighted by molar-refractivity contribution is 7.10. The number of aryl methyl sites for hydroxylation is 1. The predicted octanol–water partition coefficient (Wildman–Crippen LogP) is 4.04. The molecule has 3 rings (SSSR count). The Morgan fingerprint density at radius 1 is 1.38 bits per heavy atom. The lowest BCUT2D eigenvalue weighted by atomic mass is 10.1. The Labute approximate surface area is 133 Å². The van der Waals surface area contributed by atoms with E-state index < -0.39 is 0 Å². The second-order valence-corrected chi connectivity index (χ2v) is 6.48. The van der Waals surface area contributed by atoms with Crippen molar-refractivity contribution in [2.45, 2.75) is 19.4 Å². The van der Waals surface area contributed by atoms with Gasteiger partial charge in [0, 0.05) is 22.5 Å². The van der Waals surface area contributed by atoms with Gasteiger partial charge >= 0.3 is 0 Å². The highest BCUT2D eigenvalue weighted by Crippen LogP contribution is 2.34. The van der Waals surface area contributed by atoms with Crippen molar-refractivity contribution in [1.29, 1.82) is 0 Å². The fourth-order valence-corrected chi connectivity index (χ4v) is 3.68. The van der Waals surface area contributed by atoms with Crippen LogP contribution < -0.4 is 5.73 Å². The molecule has 21 heavy (non-hydrogen) atoms. The van der Waals surface area contributed by atoms with Crippen LogP contribution in [0.4, 0.5) is 0 Å². The number of hydrogen-bond donors (Lipinski definition) is 1. The van der Waals surface area contributed by atoms with Gasteiger partial charge in [-0.05, 0) is 48.1 Å². The van der Waals surface area contributed by atoms with Crippen molar-refractivity contribution in [1.82, 2.24) is 5.06 Å². The van der Waals surface area contributed by atoms with Gasteiger partial charge in [-0.25, -0.2) is 0 Å². The zero-order valence-corrected chi connectivity index (χ0v) is 13.3. The molecule has 2 aromatic rings. The minimum absolute atomic E-state index is 0.101. The number of thiophene rings is 1. The van der Waals surface area contributed by atoms with Crippen molar-refractivity contribution in [3.8, 4) is 0 Å². The summed E-state index contributed by atoms with van der Waals surface area (Å²) in [5.41, 5.74) is 8.31. The second kappa shape index (κ2) is 6.10. The molecule has 0 spiro atoms. The molecule has 2 heterocycles. The summed E-state index contributed by atoms with van der Waals surface area (Å²) in [7, 11) is 0. The third-order valence-corrected chi connectivity index (χ3v) is 4.86. The molecular formula is C16H17ClN2OS. The van der Waals surface area contributed by atoms with Crippen molar-refractivity contribution in [3.05, 3.63) is 68.7 Å². The van der Waals surface area contributed by atoms with E-state index in [0.29, 0.717) is 5.88 Å². The van der Waals surface area contributed by atoms with Crippen LogP contribution in [-0.2, 0) is 11.3 Å². The first-order valence-electron chi connectivity index (χ1n) is 6.84. The molecule has 1 atom stereocenters. The Morgan fingerprint density at radius 2 is 2.24 bits per heavy atom. The maximum absolute atomic E-state index is 6.02. The van der Waals surface area contributed by atoms with E-state index in [4.69, 9.17) is 22.2 Å². The first kappa shape index (κ1) is 14.4. The Kier molecular flexibility index (Phi) is 4.19. The van der Waals surface area contributed by atoms with E-state index in [1.807, 2.05) is 29.3 Å². The zero-order valence-electron chi connectivity index (χ0n) is 11.8. The van der Waals surface area contributed by atoms with Crippen LogP contribution in [0, 0.1) is 6.92 Å². The maximum Gasteiger partial charge on any atom is 0.207 e. The molecule has 1 aliphatic rings. The molecule has 0 radical (unpaired) electrons. The number of hydrogen-bond acceptors (Lipinski definition) is 4. The van der Waals surface area contributed by atoms with E-state index in [1.54, 1.807) is 11.3 Å². The number of rotatable bonds is 4. The molecule has 0 amide bonds. The SMILES string of the molecule is Cc1ccsc1C1C=C(N)ON1CCc1cccc(Cl)c1. The fraction of sp³-hybridized carbons (Fsp3) is 0.250. The second-order valence-electron chi connectivity index (χ2n) is 5.09. The largest absolute Gasteiger partial charge is 0.388 e. The molecule has 1 aliphatic heterocycles. The van der Waals surface area contributed by atoms with Crippen LogP contribution in [-0.4, -0.2) is 11.6 Å². The van der Waals surface area contributed by atoms with Gasteiger partial charge in [0.05, 0.1) is 0 Å². The Hall–Kier alpha value is -1.49. The first-order chi connectivity index (χ1) is 10.1. The average molecular weight is 321 g/mol. The van der Waals surface area contributed by atoms with E-state index in [1.165, 1.54) is 16.0 Å². The molecule has 0 bridgehead atoms. The zero-order chi connectivity index (χ0) is 14.8. The lowest BCUT2D eigenvalue weighted by Crippen LogP contribution is -2.26. The Bertz CT molecular complexity index is 668. The van der Waals surface area contributed by atoms with E-state index in [0.717, 1.165) is 18.0 Å². The molecule has 1 unspecified atom stereocenters. The van der Waals surface area contributed by atoms with E-state index >= 15 is 0 Å². The minimum atomic E-state index is 0.101. The summed E-state index contributed by atoms with van der Waals surface area (Å²) in [6, 6.07) is 10.1. The summed E-state index contributed by atoms with van der Waals surface area (Å²) in [5.74, 6) is 0.471. The van der Waals surface area contributed by atoms with E-state index in [2.05, 4.69) is 24.4 Å². The molecule has 3 nitrogen and oxygen atoms in total. The summed E-state index contributed by atoms with van der Waals surface area (Å²) < 4.78 is 0. The maximum atomic E-state index is 6.02. The highest BCUT2D eigenvalue weighted by Gasteiger charge is 2.28. The molecule has 1 aromatic carbocycles. The number of nitrogens with zero attached hydrogens (tertiary/aromatic N) is 1. The van der Waals surface area contributed by atoms with Gasteiger partial charge in [0.1, 0.15) is 6.04 Å². The third-order valence-electron chi connectivity index (χ3n) is 3.54. The van der Waals surface area contributed by atoms with Crippen molar-refractivity contribution in [2.75, 3.05) is 6.54 Å². The van der Waals surface area contributed by atoms with Gasteiger partial charge in [-0.3, -0.25) is 0 Å². The molecule has 0 saturated carbocycles. The van der Waals surface area contributed by atoms with Crippen LogP contribution in [0.1, 0.15) is 22.0 Å². The highest BCUT2D eigenvalue weighted by atomic mass is 35.5. The van der Waals surface area contributed by atoms with Crippen LogP contribution >= 0.6 is 22.9 Å². The molecule has 2 N–H and O–H groups in total. The van der Waals surface area contributed by atoms with Crippen LogP contribution in [0.3, 0.4) is 0 Å². The quantitative estimate of drug-likeness (QED) is 0.924. The number of nitrogens with two attached hydrogens (primary N) is 1. The van der Waals surface area contributed by atoms with Crippen LogP contribution in [0.25, 0.3) is 0 Å². The van der Waals surface area contributed by atoms with Gasteiger partial charge in [-0.15, -0.1) is 16.4 Å². The standard InChI is InChI=1S/C16H17ClN2OS/c1-11-6-8-21-16(11)14-10-15(18)20-19(14)7-5-12-3-2-4-13(17)9-12/h2-4,6,8-10,14H,5,7,18H2,1H3. The van der Waals surface area contributed by atoms with Crippen LogP contribution in [0.15, 0.2) is 47.7 Å². The lowest BCUT2D eigenvalue weighted by Gasteiger charge is -2.22. The van der Waals surface area contributed by atoms with E-state index in [-0.39, 0.29) is 6.04 Å². The van der Waals surface area contributed by atoms with Gasteiger partial charge in [-0.2, -0.15) is 0 Å². The predicted molar refractivity (Wildman–Crippen MR) is 87.0 cm³/mol. The normalized spacial score (nSPS) is 18.6. The molecular weight excluding hydrogens is 304 g/mol. The minimum Gasteiger partial charge on any atom is -0.388 e. The number of benzene rings is 1. The smallest absolute Gasteiger partial charge is 0.207 e. The molecule has 0 saturated heterocycles. The van der Waals surface area contributed by atoms with Crippen molar-refractivity contribution >= 4 is 22.9 Å². The Balaban J connectivity index is 1.71. The van der Waals surface area contributed by atoms with Crippen LogP contribution in [0.5, 0.6) is 0 Å². The van der Waals surface area contributed by atoms with Gasteiger partial charge in [0.15, 0.2) is 0 Å². The van der Waals surface area contributed by atoms with E-state index in [9.17, 15) is 0 Å². The number of halogens is 1. The van der Waals surface area contributed by atoms with Gasteiger partial charge in [-0.1, -0.05) is 23.7 Å². The molecule has 5 heteroatoms. The molecule has 0 aliphatic carbocycles. The summed E-state index contributed by atoms with van der Waals surface area (Å²) in [4.78, 5) is 6.93. The van der Waals surface area contributed by atoms with Crippen LogP contribution in [0.2, 0.25) is 5.02 Å². The molecule has 0 fully saturated rings. The third kappa shape index (κ3) is 3.23. The lowest BCUT2D eigenvalue weighted by molar-refractivity contribution is -0.118. The fourth-order valence-electron chi connectivity index (χ4n) is 2.47. The Morgan fingerprint density at radius 3 is 2.95 bits per heavy atom. The van der Waals surface area contributed by atoms with Crippen molar-refractivity contribution in [2.24, 2.45) is 5.73 Å². The summed E-state index contributed by atoms with van der Waals surface area (Å²) in [5, 5.41) is 4.80. The monoisotopic (exact) mass is 320 g/mol. The summed E-state index contributed by atoms with van der Waals surface area (Å²) in [6.45, 7) is 2.88. The van der Waals surface area contributed by atoms with Crippen molar-refractivity contribution < 1.29 is 4.84 Å². The molecule has 1 aromatic heterocycles. The van der Waals surface area contributed by atoms with Crippen molar-refractivity contribution in [3.63, 3.8) is 0 Å². The van der Waals surface area contributed by atoms with Gasteiger partial charge in [0.25, 0.3) is 0 Å². The van der Waals surface area contributed by atoms with Gasteiger partial charge < -0.3 is 10.6 Å². The average Bonchev–Trinajstić information content (AvgIpc) is 3.02. The first-order valence-corrected chi connectivity index (χ1v) is 8.09. The summed E-state index contributed by atoms with van der Waals surface area (Å²) in [6.07, 6.45) is 2.83. The summed E-state index contributed by atoms with van der Waals surface area (Å²) >= 11 is 7.75. The van der Waals surface area contributed by atoms with Gasteiger partial charge in [0.2, 0.25) is 5.88 Å². The molecule has 110 valence electrons. The number of hydroxylamine groups is 2. The topological polar surface area (TPSA) is 38.5 Å².